The summed E-state index contributed by atoms with van der Waals surface area (Å²) < 4.78 is 10.7. The molecule has 0 radical (unpaired) electrons. The standard InChI is InChI=1S/C10H14N2O2/c1-13-9-3-2-4-12-10(9)14-8-5-7(11)6-8/h2-4,7-8H,5-6,11H2,1H3. The number of rotatable bonds is 3. The third kappa shape index (κ3) is 1.80. The molecule has 1 aliphatic rings. The normalized spacial score (nSPS) is 25.3. The third-order valence-corrected chi connectivity index (χ3v) is 2.37. The fourth-order valence-corrected chi connectivity index (χ4v) is 1.48. The van der Waals surface area contributed by atoms with E-state index in [0.717, 1.165) is 12.8 Å². The number of nitrogens with two attached hydrogens (primary N) is 1. The van der Waals surface area contributed by atoms with Gasteiger partial charge in [-0.25, -0.2) is 4.98 Å². The Hall–Kier alpha value is -1.29. The predicted molar refractivity (Wildman–Crippen MR) is 52.4 cm³/mol. The smallest absolute Gasteiger partial charge is 0.257 e. The molecule has 0 amide bonds. The summed E-state index contributed by atoms with van der Waals surface area (Å²) in [4.78, 5) is 4.11. The van der Waals surface area contributed by atoms with Crippen LogP contribution in [0.3, 0.4) is 0 Å². The molecule has 4 nitrogen and oxygen atoms in total. The fraction of sp³-hybridized carbons (Fsp3) is 0.500. The van der Waals surface area contributed by atoms with E-state index in [0.29, 0.717) is 11.6 Å². The van der Waals surface area contributed by atoms with Crippen LogP contribution in [0.5, 0.6) is 11.6 Å². The van der Waals surface area contributed by atoms with Crippen LogP contribution in [-0.2, 0) is 0 Å². The van der Waals surface area contributed by atoms with E-state index in [4.69, 9.17) is 15.2 Å². The Morgan fingerprint density at radius 1 is 1.50 bits per heavy atom. The first-order valence-corrected chi connectivity index (χ1v) is 4.71. The average Bonchev–Trinajstić information content (AvgIpc) is 2.16. The summed E-state index contributed by atoms with van der Waals surface area (Å²) in [5.74, 6) is 1.24. The highest BCUT2D eigenvalue weighted by Crippen LogP contribution is 2.29. The van der Waals surface area contributed by atoms with Gasteiger partial charge < -0.3 is 15.2 Å². The number of ether oxygens (including phenoxy) is 2. The molecule has 14 heavy (non-hydrogen) atoms. The van der Waals surface area contributed by atoms with Crippen molar-refractivity contribution in [2.24, 2.45) is 5.73 Å². The van der Waals surface area contributed by atoms with Crippen LogP contribution in [-0.4, -0.2) is 24.2 Å². The maximum absolute atomic E-state index is 5.66. The minimum absolute atomic E-state index is 0.203. The third-order valence-electron chi connectivity index (χ3n) is 2.37. The molecule has 1 aliphatic carbocycles. The van der Waals surface area contributed by atoms with Crippen LogP contribution >= 0.6 is 0 Å². The molecule has 0 saturated heterocycles. The summed E-state index contributed by atoms with van der Waals surface area (Å²) in [7, 11) is 1.61. The monoisotopic (exact) mass is 194 g/mol. The Morgan fingerprint density at radius 2 is 2.29 bits per heavy atom. The molecular weight excluding hydrogens is 180 g/mol. The van der Waals surface area contributed by atoms with Crippen molar-refractivity contribution in [2.75, 3.05) is 7.11 Å². The molecular formula is C10H14N2O2. The lowest BCUT2D eigenvalue weighted by Crippen LogP contribution is -2.43. The van der Waals surface area contributed by atoms with E-state index in [9.17, 15) is 0 Å². The van der Waals surface area contributed by atoms with Gasteiger partial charge in [-0.05, 0) is 25.0 Å². The molecule has 0 bridgehead atoms. The number of hydrogen-bond donors (Lipinski definition) is 1. The van der Waals surface area contributed by atoms with Crippen molar-refractivity contribution in [1.82, 2.24) is 4.98 Å². The average molecular weight is 194 g/mol. The van der Waals surface area contributed by atoms with Gasteiger partial charge in [0.15, 0.2) is 5.75 Å². The van der Waals surface area contributed by atoms with E-state index in [1.165, 1.54) is 0 Å². The van der Waals surface area contributed by atoms with E-state index in [-0.39, 0.29) is 12.1 Å². The van der Waals surface area contributed by atoms with E-state index in [2.05, 4.69) is 4.98 Å². The predicted octanol–water partition coefficient (Wildman–Crippen LogP) is 0.959. The van der Waals surface area contributed by atoms with Crippen LogP contribution in [0, 0.1) is 0 Å². The van der Waals surface area contributed by atoms with Crippen molar-refractivity contribution in [3.05, 3.63) is 18.3 Å². The minimum Gasteiger partial charge on any atom is -0.491 e. The highest BCUT2D eigenvalue weighted by molar-refractivity contribution is 5.32. The Labute approximate surface area is 83.0 Å². The summed E-state index contributed by atoms with van der Waals surface area (Å²) in [6, 6.07) is 3.94. The fourth-order valence-electron chi connectivity index (χ4n) is 1.48. The van der Waals surface area contributed by atoms with Crippen LogP contribution in [0.15, 0.2) is 18.3 Å². The van der Waals surface area contributed by atoms with Gasteiger partial charge in [0.2, 0.25) is 0 Å². The SMILES string of the molecule is COc1cccnc1OC1CC(N)C1. The van der Waals surface area contributed by atoms with Gasteiger partial charge in [-0.15, -0.1) is 0 Å². The van der Waals surface area contributed by atoms with Crippen LogP contribution in [0.2, 0.25) is 0 Å². The Balaban J connectivity index is 2.01. The molecule has 1 fully saturated rings. The van der Waals surface area contributed by atoms with Gasteiger partial charge in [0.25, 0.3) is 5.88 Å². The van der Waals surface area contributed by atoms with Gasteiger partial charge in [-0.2, -0.15) is 0 Å². The van der Waals surface area contributed by atoms with Gasteiger partial charge in [0, 0.05) is 12.2 Å². The number of pyridine rings is 1. The van der Waals surface area contributed by atoms with Crippen LogP contribution in [0.1, 0.15) is 12.8 Å². The lowest BCUT2D eigenvalue weighted by molar-refractivity contribution is 0.0921. The van der Waals surface area contributed by atoms with Crippen molar-refractivity contribution >= 4 is 0 Å². The van der Waals surface area contributed by atoms with Gasteiger partial charge in [0.05, 0.1) is 7.11 Å². The molecule has 2 N–H and O–H groups in total. The lowest BCUT2D eigenvalue weighted by atomic mass is 9.90. The van der Waals surface area contributed by atoms with Crippen LogP contribution in [0.4, 0.5) is 0 Å². The second-order valence-corrected chi connectivity index (χ2v) is 3.48. The summed E-state index contributed by atoms with van der Waals surface area (Å²) >= 11 is 0. The number of hydrogen-bond acceptors (Lipinski definition) is 4. The van der Waals surface area contributed by atoms with Crippen molar-refractivity contribution in [1.29, 1.82) is 0 Å². The second kappa shape index (κ2) is 3.84. The van der Waals surface area contributed by atoms with E-state index in [1.54, 1.807) is 13.3 Å². The van der Waals surface area contributed by atoms with Gasteiger partial charge in [-0.3, -0.25) is 0 Å². The molecule has 0 aromatic carbocycles. The molecule has 4 heteroatoms. The first kappa shape index (κ1) is 9.27. The van der Waals surface area contributed by atoms with Crippen LogP contribution in [0.25, 0.3) is 0 Å². The van der Waals surface area contributed by atoms with E-state index in [1.807, 2.05) is 12.1 Å². The Kier molecular flexibility index (Phi) is 2.54. The molecule has 0 atom stereocenters. The molecule has 1 heterocycles. The Morgan fingerprint density at radius 3 is 2.93 bits per heavy atom. The first-order valence-electron chi connectivity index (χ1n) is 4.71. The first-order chi connectivity index (χ1) is 6.79. The number of nitrogens with zero attached hydrogens (tertiary/aromatic N) is 1. The number of aromatic nitrogens is 1. The lowest BCUT2D eigenvalue weighted by Gasteiger charge is -2.32. The van der Waals surface area contributed by atoms with Gasteiger partial charge >= 0.3 is 0 Å². The summed E-state index contributed by atoms with van der Waals surface area (Å²) in [6.45, 7) is 0. The zero-order valence-corrected chi connectivity index (χ0v) is 8.14. The van der Waals surface area contributed by atoms with Gasteiger partial charge in [-0.1, -0.05) is 0 Å². The van der Waals surface area contributed by atoms with Crippen molar-refractivity contribution < 1.29 is 9.47 Å². The topological polar surface area (TPSA) is 57.4 Å². The zero-order valence-electron chi connectivity index (χ0n) is 8.14. The maximum Gasteiger partial charge on any atom is 0.257 e. The molecule has 0 unspecified atom stereocenters. The van der Waals surface area contributed by atoms with E-state index >= 15 is 0 Å². The molecule has 1 saturated carbocycles. The molecule has 2 rings (SSSR count). The van der Waals surface area contributed by atoms with Gasteiger partial charge in [0.1, 0.15) is 6.10 Å². The molecule has 1 aromatic heterocycles. The van der Waals surface area contributed by atoms with Crippen molar-refractivity contribution in [3.8, 4) is 11.6 Å². The number of methoxy groups -OCH3 is 1. The Bertz CT molecular complexity index is 311. The summed E-state index contributed by atoms with van der Waals surface area (Å²) in [5, 5.41) is 0. The molecule has 0 aliphatic heterocycles. The summed E-state index contributed by atoms with van der Waals surface area (Å²) in [5.41, 5.74) is 5.66. The minimum atomic E-state index is 0.203. The highest BCUT2D eigenvalue weighted by Gasteiger charge is 2.28. The van der Waals surface area contributed by atoms with Crippen molar-refractivity contribution in [3.63, 3.8) is 0 Å². The molecule has 0 spiro atoms. The zero-order chi connectivity index (χ0) is 9.97. The largest absolute Gasteiger partial charge is 0.491 e. The molecule has 1 aromatic rings. The van der Waals surface area contributed by atoms with Crippen LogP contribution < -0.4 is 15.2 Å². The highest BCUT2D eigenvalue weighted by atomic mass is 16.5. The van der Waals surface area contributed by atoms with E-state index < -0.39 is 0 Å². The summed E-state index contributed by atoms with van der Waals surface area (Å²) in [6.07, 6.45) is 3.70. The molecule has 76 valence electrons. The maximum atomic E-state index is 5.66. The quantitative estimate of drug-likeness (QED) is 0.778. The second-order valence-electron chi connectivity index (χ2n) is 3.48. The van der Waals surface area contributed by atoms with Crippen molar-refractivity contribution in [2.45, 2.75) is 25.0 Å².